The van der Waals surface area contributed by atoms with Gasteiger partial charge >= 0.3 is 5.97 Å². The molecule has 0 atom stereocenters. The summed E-state index contributed by atoms with van der Waals surface area (Å²) in [5.41, 5.74) is -0.0831. The van der Waals surface area contributed by atoms with Crippen molar-refractivity contribution in [1.29, 1.82) is 0 Å². The zero-order chi connectivity index (χ0) is 16.5. The van der Waals surface area contributed by atoms with E-state index in [-0.39, 0.29) is 30.3 Å². The zero-order valence-corrected chi connectivity index (χ0v) is 13.4. The quantitative estimate of drug-likeness (QED) is 0.671. The van der Waals surface area contributed by atoms with Crippen molar-refractivity contribution in [3.63, 3.8) is 0 Å². The van der Waals surface area contributed by atoms with E-state index < -0.39 is 5.97 Å². The number of aryl methyl sites for hydroxylation is 1. The van der Waals surface area contributed by atoms with E-state index in [0.717, 1.165) is 12.8 Å². The molecule has 0 aliphatic heterocycles. The van der Waals surface area contributed by atoms with E-state index in [2.05, 4.69) is 5.10 Å². The monoisotopic (exact) mass is 309 g/mol. The van der Waals surface area contributed by atoms with Gasteiger partial charge in [0.15, 0.2) is 0 Å². The Morgan fingerprint density at radius 3 is 2.59 bits per heavy atom. The maximum absolute atomic E-state index is 12.4. The fourth-order valence-electron chi connectivity index (χ4n) is 1.88. The molecule has 0 aliphatic rings. The molecule has 22 heavy (non-hydrogen) atoms. The van der Waals surface area contributed by atoms with E-state index in [1.807, 2.05) is 6.92 Å². The van der Waals surface area contributed by atoms with Crippen molar-refractivity contribution >= 4 is 11.9 Å². The van der Waals surface area contributed by atoms with Gasteiger partial charge in [-0.15, -0.1) is 0 Å². The average Bonchev–Trinajstić information content (AvgIpc) is 2.51. The summed E-state index contributed by atoms with van der Waals surface area (Å²) in [5, 5.41) is 4.09. The number of carbonyl (C=O) groups is 2. The Morgan fingerprint density at radius 1 is 1.27 bits per heavy atom. The molecular weight excluding hydrogens is 286 g/mol. The maximum Gasteiger partial charge on any atom is 0.325 e. The number of rotatable bonds is 8. The molecule has 0 spiro atoms. The minimum absolute atomic E-state index is 0.126. The molecule has 0 aliphatic carbocycles. The predicted octanol–water partition coefficient (Wildman–Crippen LogP) is 1.07. The number of ether oxygens (including phenoxy) is 1. The summed E-state index contributed by atoms with van der Waals surface area (Å²) in [5.74, 6) is -0.849. The Morgan fingerprint density at radius 2 is 2.00 bits per heavy atom. The van der Waals surface area contributed by atoms with Crippen LogP contribution in [0.25, 0.3) is 0 Å². The van der Waals surface area contributed by atoms with Crippen LogP contribution in [0.4, 0.5) is 0 Å². The van der Waals surface area contributed by atoms with Gasteiger partial charge in [0.05, 0.1) is 6.61 Å². The van der Waals surface area contributed by atoms with Crippen molar-refractivity contribution in [2.75, 3.05) is 19.7 Å². The topological polar surface area (TPSA) is 81.5 Å². The van der Waals surface area contributed by atoms with Crippen molar-refractivity contribution in [3.8, 4) is 0 Å². The number of nitrogens with zero attached hydrogens (tertiary/aromatic N) is 3. The van der Waals surface area contributed by atoms with Crippen molar-refractivity contribution in [1.82, 2.24) is 14.7 Å². The summed E-state index contributed by atoms with van der Waals surface area (Å²) >= 11 is 0. The van der Waals surface area contributed by atoms with Crippen LogP contribution in [-0.4, -0.2) is 46.3 Å². The third-order valence-corrected chi connectivity index (χ3v) is 3.10. The first-order chi connectivity index (χ1) is 10.5. The first-order valence-electron chi connectivity index (χ1n) is 7.56. The Kier molecular flexibility index (Phi) is 7.28. The third-order valence-electron chi connectivity index (χ3n) is 3.10. The standard InChI is InChI=1S/C15H23N3O4/c1-4-7-10-18-13(19)9-8-12(16-18)15(21)17(5-2)11-14(20)22-6-3/h8-9H,4-7,10-11H2,1-3H3. The van der Waals surface area contributed by atoms with E-state index in [9.17, 15) is 14.4 Å². The van der Waals surface area contributed by atoms with Gasteiger partial charge in [-0.1, -0.05) is 13.3 Å². The van der Waals surface area contributed by atoms with Gasteiger partial charge < -0.3 is 9.64 Å². The third kappa shape index (κ3) is 4.98. The number of esters is 1. The largest absolute Gasteiger partial charge is 0.465 e. The van der Waals surface area contributed by atoms with Crippen LogP contribution in [0.15, 0.2) is 16.9 Å². The highest BCUT2D eigenvalue weighted by atomic mass is 16.5. The Labute approximate surface area is 129 Å². The summed E-state index contributed by atoms with van der Waals surface area (Å²) < 4.78 is 6.13. The summed E-state index contributed by atoms with van der Waals surface area (Å²) in [6.45, 7) is 6.46. The van der Waals surface area contributed by atoms with E-state index in [0.29, 0.717) is 13.1 Å². The van der Waals surface area contributed by atoms with Gasteiger partial charge in [-0.05, 0) is 26.3 Å². The number of aromatic nitrogens is 2. The fourth-order valence-corrected chi connectivity index (χ4v) is 1.88. The lowest BCUT2D eigenvalue weighted by Gasteiger charge is -2.19. The van der Waals surface area contributed by atoms with Crippen LogP contribution in [0.2, 0.25) is 0 Å². The molecule has 0 saturated heterocycles. The van der Waals surface area contributed by atoms with Gasteiger partial charge in [-0.3, -0.25) is 14.4 Å². The van der Waals surface area contributed by atoms with Crippen LogP contribution in [0.3, 0.4) is 0 Å². The van der Waals surface area contributed by atoms with Crippen LogP contribution in [0, 0.1) is 0 Å². The Hall–Kier alpha value is -2.18. The number of likely N-dealkylation sites (N-methyl/N-ethyl adjacent to an activating group) is 1. The summed E-state index contributed by atoms with van der Waals surface area (Å²) in [6, 6.07) is 2.72. The molecule has 1 amide bonds. The van der Waals surface area contributed by atoms with Crippen LogP contribution < -0.4 is 5.56 Å². The van der Waals surface area contributed by atoms with E-state index >= 15 is 0 Å². The van der Waals surface area contributed by atoms with E-state index in [1.54, 1.807) is 13.8 Å². The van der Waals surface area contributed by atoms with Crippen LogP contribution in [0.1, 0.15) is 44.1 Å². The Balaban J connectivity index is 2.90. The highest BCUT2D eigenvalue weighted by Crippen LogP contribution is 2.01. The molecule has 7 heteroatoms. The molecule has 0 radical (unpaired) electrons. The van der Waals surface area contributed by atoms with Gasteiger partial charge in [0.25, 0.3) is 11.5 Å². The first kappa shape index (κ1) is 17.9. The fraction of sp³-hybridized carbons (Fsp3) is 0.600. The van der Waals surface area contributed by atoms with Gasteiger partial charge in [0.1, 0.15) is 12.2 Å². The highest BCUT2D eigenvalue weighted by molar-refractivity contribution is 5.94. The van der Waals surface area contributed by atoms with Crippen LogP contribution in [0.5, 0.6) is 0 Å². The molecule has 1 heterocycles. The van der Waals surface area contributed by atoms with Crippen molar-refractivity contribution in [3.05, 3.63) is 28.2 Å². The molecule has 0 fully saturated rings. The molecule has 1 rings (SSSR count). The lowest BCUT2D eigenvalue weighted by molar-refractivity contribution is -0.143. The first-order valence-corrected chi connectivity index (χ1v) is 7.56. The molecule has 1 aromatic heterocycles. The van der Waals surface area contributed by atoms with Crippen LogP contribution >= 0.6 is 0 Å². The Bertz CT molecular complexity index is 568. The average molecular weight is 309 g/mol. The number of hydrogen-bond acceptors (Lipinski definition) is 5. The van der Waals surface area contributed by atoms with Gasteiger partial charge in [-0.2, -0.15) is 5.10 Å². The molecule has 0 aromatic carbocycles. The molecule has 0 N–H and O–H groups in total. The number of hydrogen-bond donors (Lipinski definition) is 0. The molecule has 1 aromatic rings. The number of unbranched alkanes of at least 4 members (excludes halogenated alkanes) is 1. The van der Waals surface area contributed by atoms with Crippen LogP contribution in [-0.2, 0) is 16.1 Å². The van der Waals surface area contributed by atoms with E-state index in [1.165, 1.54) is 21.7 Å². The van der Waals surface area contributed by atoms with Crippen molar-refractivity contribution in [2.45, 2.75) is 40.2 Å². The summed E-state index contributed by atoms with van der Waals surface area (Å²) in [7, 11) is 0. The normalized spacial score (nSPS) is 10.3. The number of amides is 1. The molecule has 7 nitrogen and oxygen atoms in total. The van der Waals surface area contributed by atoms with Gasteiger partial charge in [0.2, 0.25) is 0 Å². The second kappa shape index (κ2) is 8.96. The minimum Gasteiger partial charge on any atom is -0.465 e. The maximum atomic E-state index is 12.4. The lowest BCUT2D eigenvalue weighted by Crippen LogP contribution is -2.38. The molecular formula is C15H23N3O4. The minimum atomic E-state index is -0.461. The second-order valence-electron chi connectivity index (χ2n) is 4.76. The zero-order valence-electron chi connectivity index (χ0n) is 13.4. The second-order valence-corrected chi connectivity index (χ2v) is 4.76. The van der Waals surface area contributed by atoms with Gasteiger partial charge in [0, 0.05) is 19.2 Å². The molecule has 0 saturated carbocycles. The smallest absolute Gasteiger partial charge is 0.325 e. The molecule has 0 bridgehead atoms. The molecule has 0 unspecified atom stereocenters. The number of carbonyl (C=O) groups excluding carboxylic acids is 2. The van der Waals surface area contributed by atoms with Crippen molar-refractivity contribution in [2.24, 2.45) is 0 Å². The highest BCUT2D eigenvalue weighted by Gasteiger charge is 2.20. The lowest BCUT2D eigenvalue weighted by atomic mass is 10.3. The molecule has 122 valence electrons. The van der Waals surface area contributed by atoms with Crippen molar-refractivity contribution < 1.29 is 14.3 Å². The van der Waals surface area contributed by atoms with Gasteiger partial charge in [-0.25, -0.2) is 4.68 Å². The summed E-state index contributed by atoms with van der Waals surface area (Å²) in [6.07, 6.45) is 1.74. The SMILES string of the molecule is CCCCn1nc(C(=O)N(CC)CC(=O)OCC)ccc1=O. The predicted molar refractivity (Wildman–Crippen MR) is 81.6 cm³/mol. The summed E-state index contributed by atoms with van der Waals surface area (Å²) in [4.78, 5) is 37.0. The van der Waals surface area contributed by atoms with E-state index in [4.69, 9.17) is 4.74 Å².